The van der Waals surface area contributed by atoms with Crippen LogP contribution < -0.4 is 4.90 Å². The fourth-order valence-electron chi connectivity index (χ4n) is 2.17. The van der Waals surface area contributed by atoms with Crippen LogP contribution in [0.3, 0.4) is 0 Å². The number of nitrogens with zero attached hydrogens (tertiary/aromatic N) is 4. The van der Waals surface area contributed by atoms with Gasteiger partial charge in [-0.1, -0.05) is 0 Å². The van der Waals surface area contributed by atoms with Crippen LogP contribution in [0.4, 0.5) is 5.82 Å². The fourth-order valence-corrected chi connectivity index (χ4v) is 2.31. The molecule has 2 rings (SSSR count). The second-order valence-electron chi connectivity index (χ2n) is 4.64. The Morgan fingerprint density at radius 1 is 1.35 bits per heavy atom. The molecule has 0 saturated carbocycles. The molecule has 1 aliphatic heterocycles. The number of rotatable bonds is 3. The van der Waals surface area contributed by atoms with Gasteiger partial charge in [0.25, 0.3) is 0 Å². The molecule has 0 bridgehead atoms. The lowest BCUT2D eigenvalue weighted by atomic mass is 10.0. The first-order valence-electron chi connectivity index (χ1n) is 5.99. The molecule has 0 spiro atoms. The molecule has 0 amide bonds. The summed E-state index contributed by atoms with van der Waals surface area (Å²) in [4.78, 5) is 13.3. The Bertz CT molecular complexity index is 346. The van der Waals surface area contributed by atoms with Crippen LogP contribution in [0.2, 0.25) is 0 Å². The molecule has 0 atom stereocenters. The first-order valence-corrected chi connectivity index (χ1v) is 6.52. The average Bonchev–Trinajstić information content (AvgIpc) is 2.39. The summed E-state index contributed by atoms with van der Waals surface area (Å²) < 4.78 is 0. The third-order valence-electron chi connectivity index (χ3n) is 3.43. The molecule has 1 saturated heterocycles. The van der Waals surface area contributed by atoms with Crippen LogP contribution in [0.1, 0.15) is 18.5 Å². The Morgan fingerprint density at radius 3 is 2.59 bits per heavy atom. The summed E-state index contributed by atoms with van der Waals surface area (Å²) in [7, 11) is 4.27. The van der Waals surface area contributed by atoms with Gasteiger partial charge in [-0.25, -0.2) is 4.98 Å². The molecule has 0 aromatic carbocycles. The molecular formula is C12H19ClN4. The van der Waals surface area contributed by atoms with Gasteiger partial charge < -0.3 is 9.80 Å². The number of likely N-dealkylation sites (tertiary alicyclic amines) is 1. The number of hydrogen-bond acceptors (Lipinski definition) is 4. The highest BCUT2D eigenvalue weighted by molar-refractivity contribution is 6.16. The van der Waals surface area contributed by atoms with E-state index < -0.39 is 0 Å². The van der Waals surface area contributed by atoms with Gasteiger partial charge in [-0.05, 0) is 33.0 Å². The summed E-state index contributed by atoms with van der Waals surface area (Å²) in [5.41, 5.74) is 0.826. The molecular weight excluding hydrogens is 236 g/mol. The van der Waals surface area contributed by atoms with Crippen molar-refractivity contribution < 1.29 is 0 Å². The summed E-state index contributed by atoms with van der Waals surface area (Å²) in [5.74, 6) is 1.36. The smallest absolute Gasteiger partial charge is 0.147 e. The number of piperidine rings is 1. The molecule has 1 aromatic heterocycles. The minimum Gasteiger partial charge on any atom is -0.355 e. The summed E-state index contributed by atoms with van der Waals surface area (Å²) in [5, 5.41) is 0. The monoisotopic (exact) mass is 254 g/mol. The highest BCUT2D eigenvalue weighted by Crippen LogP contribution is 2.19. The van der Waals surface area contributed by atoms with E-state index in [9.17, 15) is 0 Å². The van der Waals surface area contributed by atoms with E-state index in [0.29, 0.717) is 11.9 Å². The Labute approximate surface area is 108 Å². The van der Waals surface area contributed by atoms with Gasteiger partial charge in [-0.2, -0.15) is 0 Å². The molecule has 0 aliphatic carbocycles. The Hall–Kier alpha value is -0.870. The highest BCUT2D eigenvalue weighted by Gasteiger charge is 2.21. The van der Waals surface area contributed by atoms with Gasteiger partial charge in [-0.15, -0.1) is 11.6 Å². The zero-order valence-corrected chi connectivity index (χ0v) is 11.2. The van der Waals surface area contributed by atoms with Gasteiger partial charge in [0.05, 0.1) is 24.0 Å². The second-order valence-corrected chi connectivity index (χ2v) is 4.91. The lowest BCUT2D eigenvalue weighted by molar-refractivity contribution is 0.252. The molecule has 1 aliphatic rings. The fraction of sp³-hybridized carbons (Fsp3) is 0.667. The molecule has 0 radical (unpaired) electrons. The zero-order chi connectivity index (χ0) is 12.3. The Balaban J connectivity index is 2.00. The third kappa shape index (κ3) is 3.07. The summed E-state index contributed by atoms with van der Waals surface area (Å²) >= 11 is 5.70. The third-order valence-corrected chi connectivity index (χ3v) is 3.70. The molecule has 0 N–H and O–H groups in total. The average molecular weight is 255 g/mol. The van der Waals surface area contributed by atoms with Crippen molar-refractivity contribution in [3.05, 3.63) is 18.1 Å². The molecule has 94 valence electrons. The van der Waals surface area contributed by atoms with E-state index in [-0.39, 0.29) is 0 Å². The number of anilines is 1. The van der Waals surface area contributed by atoms with Gasteiger partial charge in [0.1, 0.15) is 5.82 Å². The van der Waals surface area contributed by atoms with Crippen molar-refractivity contribution in [2.45, 2.75) is 24.8 Å². The number of hydrogen-bond donors (Lipinski definition) is 0. The maximum Gasteiger partial charge on any atom is 0.147 e. The van der Waals surface area contributed by atoms with Crippen molar-refractivity contribution >= 4 is 17.4 Å². The van der Waals surface area contributed by atoms with E-state index in [2.05, 4.69) is 33.9 Å². The number of aromatic nitrogens is 2. The van der Waals surface area contributed by atoms with Crippen LogP contribution >= 0.6 is 11.6 Å². The van der Waals surface area contributed by atoms with Gasteiger partial charge in [0.2, 0.25) is 0 Å². The lowest BCUT2D eigenvalue weighted by Gasteiger charge is -2.35. The second kappa shape index (κ2) is 5.65. The van der Waals surface area contributed by atoms with Gasteiger partial charge in [-0.3, -0.25) is 4.98 Å². The molecule has 2 heterocycles. The van der Waals surface area contributed by atoms with Crippen molar-refractivity contribution in [1.29, 1.82) is 0 Å². The van der Waals surface area contributed by atoms with E-state index in [1.54, 1.807) is 6.20 Å². The minimum absolute atomic E-state index is 0.422. The predicted molar refractivity (Wildman–Crippen MR) is 70.5 cm³/mol. The largest absolute Gasteiger partial charge is 0.355 e. The maximum atomic E-state index is 5.70. The molecule has 4 nitrogen and oxygen atoms in total. The van der Waals surface area contributed by atoms with Crippen LogP contribution in [0, 0.1) is 0 Å². The van der Waals surface area contributed by atoms with E-state index in [0.717, 1.165) is 24.6 Å². The van der Waals surface area contributed by atoms with Crippen molar-refractivity contribution in [2.75, 3.05) is 32.1 Å². The van der Waals surface area contributed by atoms with Crippen molar-refractivity contribution in [3.63, 3.8) is 0 Å². The zero-order valence-electron chi connectivity index (χ0n) is 10.4. The van der Waals surface area contributed by atoms with Crippen LogP contribution in [-0.2, 0) is 5.88 Å². The standard InChI is InChI=1S/C12H19ClN4/c1-16-5-3-11(4-6-16)17(2)12-9-14-10(7-13)8-15-12/h8-9,11H,3-7H2,1-2H3. The SMILES string of the molecule is CN1CCC(N(C)c2cnc(CCl)cn2)CC1. The van der Waals surface area contributed by atoms with Gasteiger partial charge in [0.15, 0.2) is 0 Å². The van der Waals surface area contributed by atoms with Crippen LogP contribution in [0.25, 0.3) is 0 Å². The summed E-state index contributed by atoms with van der Waals surface area (Å²) in [6.07, 6.45) is 5.95. The molecule has 5 heteroatoms. The van der Waals surface area contributed by atoms with E-state index in [4.69, 9.17) is 11.6 Å². The molecule has 0 unspecified atom stereocenters. The summed E-state index contributed by atoms with van der Waals surface area (Å²) in [6.45, 7) is 2.31. The predicted octanol–water partition coefficient (Wildman–Crippen LogP) is 1.75. The van der Waals surface area contributed by atoms with Crippen LogP contribution in [0.15, 0.2) is 12.4 Å². The Kier molecular flexibility index (Phi) is 4.18. The van der Waals surface area contributed by atoms with E-state index >= 15 is 0 Å². The highest BCUT2D eigenvalue weighted by atomic mass is 35.5. The van der Waals surface area contributed by atoms with Crippen LogP contribution in [0.5, 0.6) is 0 Å². The number of alkyl halides is 1. The van der Waals surface area contributed by atoms with Crippen LogP contribution in [-0.4, -0.2) is 48.1 Å². The van der Waals surface area contributed by atoms with E-state index in [1.807, 2.05) is 6.20 Å². The lowest BCUT2D eigenvalue weighted by Crippen LogP contribution is -2.42. The maximum absolute atomic E-state index is 5.70. The van der Waals surface area contributed by atoms with Crippen molar-refractivity contribution in [1.82, 2.24) is 14.9 Å². The minimum atomic E-state index is 0.422. The molecule has 17 heavy (non-hydrogen) atoms. The molecule has 1 fully saturated rings. The van der Waals surface area contributed by atoms with E-state index in [1.165, 1.54) is 12.8 Å². The van der Waals surface area contributed by atoms with Gasteiger partial charge >= 0.3 is 0 Å². The van der Waals surface area contributed by atoms with Crippen molar-refractivity contribution in [2.24, 2.45) is 0 Å². The van der Waals surface area contributed by atoms with Gasteiger partial charge in [0, 0.05) is 13.1 Å². The summed E-state index contributed by atoms with van der Waals surface area (Å²) in [6, 6.07) is 0.572. The Morgan fingerprint density at radius 2 is 2.06 bits per heavy atom. The molecule has 1 aromatic rings. The topological polar surface area (TPSA) is 32.3 Å². The first kappa shape index (κ1) is 12.6. The normalized spacial score (nSPS) is 18.3. The van der Waals surface area contributed by atoms with Crippen molar-refractivity contribution in [3.8, 4) is 0 Å². The first-order chi connectivity index (χ1) is 8.20. The number of halogens is 1. The quantitative estimate of drug-likeness (QED) is 0.770.